The first-order valence-corrected chi connectivity index (χ1v) is 9.32. The summed E-state index contributed by atoms with van der Waals surface area (Å²) in [5, 5.41) is 9.68. The normalized spacial score (nSPS) is 14.8. The van der Waals surface area contributed by atoms with E-state index in [2.05, 4.69) is 42.3 Å². The van der Waals surface area contributed by atoms with Gasteiger partial charge in [0, 0.05) is 55.6 Å². The molecule has 0 unspecified atom stereocenters. The number of aromatic amines is 1. The van der Waals surface area contributed by atoms with E-state index < -0.39 is 0 Å². The lowest BCUT2D eigenvalue weighted by Gasteiger charge is -2.34. The van der Waals surface area contributed by atoms with Crippen LogP contribution in [0.5, 0.6) is 0 Å². The van der Waals surface area contributed by atoms with Gasteiger partial charge in [-0.1, -0.05) is 18.2 Å². The number of hydrogen-bond donors (Lipinski definition) is 2. The van der Waals surface area contributed by atoms with Crippen LogP contribution in [0.3, 0.4) is 0 Å². The number of benzene rings is 1. The Labute approximate surface area is 163 Å². The quantitative estimate of drug-likeness (QED) is 0.701. The van der Waals surface area contributed by atoms with Gasteiger partial charge in [-0.3, -0.25) is 9.89 Å². The Morgan fingerprint density at radius 3 is 2.79 bits per heavy atom. The molecular weight excluding hydrogens is 354 g/mol. The average Bonchev–Trinajstić information content (AvgIpc) is 3.28. The molecule has 1 aliphatic rings. The van der Waals surface area contributed by atoms with Gasteiger partial charge in [-0.2, -0.15) is 5.10 Å². The maximum atomic E-state index is 12.7. The topological polar surface area (TPSA) is 90.0 Å². The summed E-state index contributed by atoms with van der Waals surface area (Å²) in [6.07, 6.45) is 3.25. The third kappa shape index (κ3) is 4.01. The molecule has 2 aromatic heterocycles. The minimum Gasteiger partial charge on any atom is -0.354 e. The van der Waals surface area contributed by atoms with Gasteiger partial charge in [0.05, 0.1) is 0 Å². The predicted octanol–water partition coefficient (Wildman–Crippen LogP) is 1.55. The van der Waals surface area contributed by atoms with E-state index in [0.717, 1.165) is 43.1 Å². The van der Waals surface area contributed by atoms with E-state index >= 15 is 0 Å². The lowest BCUT2D eigenvalue weighted by molar-refractivity contribution is 0.0951. The van der Waals surface area contributed by atoms with Crippen LogP contribution in [0.25, 0.3) is 11.4 Å². The second-order valence-electron chi connectivity index (χ2n) is 6.87. The lowest BCUT2D eigenvalue weighted by atomic mass is 10.1. The van der Waals surface area contributed by atoms with Gasteiger partial charge < -0.3 is 15.1 Å². The molecule has 1 aliphatic heterocycles. The molecule has 4 rings (SSSR count). The smallest absolute Gasteiger partial charge is 0.251 e. The minimum atomic E-state index is -0.130. The summed E-state index contributed by atoms with van der Waals surface area (Å²) >= 11 is 0. The van der Waals surface area contributed by atoms with Gasteiger partial charge in [0.2, 0.25) is 0 Å². The number of likely N-dealkylation sites (N-methyl/N-ethyl adjacent to an activating group) is 1. The van der Waals surface area contributed by atoms with Gasteiger partial charge in [0.25, 0.3) is 5.91 Å². The van der Waals surface area contributed by atoms with E-state index in [9.17, 15) is 4.79 Å². The fourth-order valence-electron chi connectivity index (χ4n) is 3.30. The molecule has 1 amide bonds. The molecule has 2 N–H and O–H groups in total. The van der Waals surface area contributed by atoms with E-state index in [1.165, 1.54) is 6.33 Å². The van der Waals surface area contributed by atoms with Crippen LogP contribution < -0.4 is 10.2 Å². The summed E-state index contributed by atoms with van der Waals surface area (Å²) in [6.45, 7) is 4.33. The molecule has 0 atom stereocenters. The summed E-state index contributed by atoms with van der Waals surface area (Å²) in [5.74, 6) is 1.46. The van der Waals surface area contributed by atoms with E-state index in [-0.39, 0.29) is 5.91 Å². The zero-order valence-corrected chi connectivity index (χ0v) is 15.8. The van der Waals surface area contributed by atoms with Gasteiger partial charge >= 0.3 is 0 Å². The monoisotopic (exact) mass is 377 g/mol. The fourth-order valence-corrected chi connectivity index (χ4v) is 3.30. The molecule has 8 nitrogen and oxygen atoms in total. The van der Waals surface area contributed by atoms with Gasteiger partial charge in [-0.15, -0.1) is 0 Å². The number of hydrogen-bond acceptors (Lipinski definition) is 6. The summed E-state index contributed by atoms with van der Waals surface area (Å²) in [6, 6.07) is 11.3. The van der Waals surface area contributed by atoms with Crippen molar-refractivity contribution in [3.63, 3.8) is 0 Å². The molecule has 0 spiro atoms. The highest BCUT2D eigenvalue weighted by Gasteiger charge is 2.18. The number of carbonyl (C=O) groups is 1. The van der Waals surface area contributed by atoms with Gasteiger partial charge in [-0.25, -0.2) is 9.97 Å². The molecule has 3 heterocycles. The Balaban J connectivity index is 1.45. The molecule has 0 saturated carbocycles. The highest BCUT2D eigenvalue weighted by molar-refractivity contribution is 5.95. The minimum absolute atomic E-state index is 0.130. The highest BCUT2D eigenvalue weighted by Crippen LogP contribution is 2.19. The van der Waals surface area contributed by atoms with Crippen molar-refractivity contribution in [2.24, 2.45) is 0 Å². The number of aromatic nitrogens is 4. The van der Waals surface area contributed by atoms with Crippen molar-refractivity contribution in [2.45, 2.75) is 6.54 Å². The van der Waals surface area contributed by atoms with E-state index in [1.807, 2.05) is 24.3 Å². The Kier molecular flexibility index (Phi) is 5.29. The van der Waals surface area contributed by atoms with Crippen molar-refractivity contribution >= 4 is 11.7 Å². The Bertz CT molecular complexity index is 933. The third-order valence-corrected chi connectivity index (χ3v) is 4.92. The summed E-state index contributed by atoms with van der Waals surface area (Å²) in [4.78, 5) is 26.0. The zero-order valence-electron chi connectivity index (χ0n) is 15.8. The van der Waals surface area contributed by atoms with Crippen LogP contribution in [0.4, 0.5) is 5.82 Å². The number of rotatable bonds is 5. The van der Waals surface area contributed by atoms with Crippen molar-refractivity contribution in [3.8, 4) is 11.4 Å². The van der Waals surface area contributed by atoms with Crippen LogP contribution in [0.15, 0.2) is 48.9 Å². The molecule has 3 aromatic rings. The Morgan fingerprint density at radius 1 is 1.14 bits per heavy atom. The first-order chi connectivity index (χ1) is 13.7. The number of anilines is 1. The van der Waals surface area contributed by atoms with Gasteiger partial charge in [-0.05, 0) is 25.2 Å². The first-order valence-electron chi connectivity index (χ1n) is 9.32. The summed E-state index contributed by atoms with van der Waals surface area (Å²) < 4.78 is 0. The molecule has 144 valence electrons. The predicted molar refractivity (Wildman–Crippen MR) is 107 cm³/mol. The van der Waals surface area contributed by atoms with Crippen molar-refractivity contribution in [3.05, 3.63) is 60.0 Å². The van der Waals surface area contributed by atoms with Gasteiger partial charge in [0.15, 0.2) is 5.82 Å². The highest BCUT2D eigenvalue weighted by atomic mass is 16.1. The number of nitrogens with zero attached hydrogens (tertiary/aromatic N) is 5. The summed E-state index contributed by atoms with van der Waals surface area (Å²) in [7, 11) is 2.13. The van der Waals surface area contributed by atoms with Crippen LogP contribution in [-0.2, 0) is 6.54 Å². The van der Waals surface area contributed by atoms with Crippen molar-refractivity contribution in [2.75, 3.05) is 38.1 Å². The molecule has 28 heavy (non-hydrogen) atoms. The molecule has 1 saturated heterocycles. The molecule has 1 aromatic carbocycles. The average molecular weight is 377 g/mol. The number of carbonyl (C=O) groups excluding carboxylic acids is 1. The fraction of sp³-hybridized carbons (Fsp3) is 0.300. The first kappa shape index (κ1) is 18.1. The van der Waals surface area contributed by atoms with Crippen molar-refractivity contribution in [1.82, 2.24) is 30.4 Å². The number of pyridine rings is 1. The Morgan fingerprint density at radius 2 is 2.00 bits per heavy atom. The van der Waals surface area contributed by atoms with Crippen molar-refractivity contribution in [1.29, 1.82) is 0 Å². The van der Waals surface area contributed by atoms with Crippen molar-refractivity contribution < 1.29 is 4.79 Å². The third-order valence-electron chi connectivity index (χ3n) is 4.92. The number of H-pyrrole nitrogens is 1. The number of amides is 1. The van der Waals surface area contributed by atoms with E-state index in [4.69, 9.17) is 0 Å². The van der Waals surface area contributed by atoms with Crippen LogP contribution >= 0.6 is 0 Å². The number of nitrogens with one attached hydrogen (secondary N) is 2. The standard InChI is InChI=1S/C20H23N7O/c1-26-8-10-27(11-9-26)19-17(6-3-7-21-19)13-22-20(28)16-5-2-4-15(12-16)18-23-14-24-25-18/h2-7,12,14H,8-11,13H2,1H3,(H,22,28)(H,23,24,25). The maximum absolute atomic E-state index is 12.7. The van der Waals surface area contributed by atoms with Crippen LogP contribution in [0, 0.1) is 0 Å². The lowest BCUT2D eigenvalue weighted by Crippen LogP contribution is -2.45. The molecule has 1 fully saturated rings. The van der Waals surface area contributed by atoms with Crippen LogP contribution in [0.2, 0.25) is 0 Å². The molecule has 0 bridgehead atoms. The molecule has 0 aliphatic carbocycles. The molecular formula is C20H23N7O. The van der Waals surface area contributed by atoms with Gasteiger partial charge in [0.1, 0.15) is 12.1 Å². The molecule has 0 radical (unpaired) electrons. The second kappa shape index (κ2) is 8.18. The Hall–Kier alpha value is -3.26. The SMILES string of the molecule is CN1CCN(c2ncccc2CNC(=O)c2cccc(-c3ncn[nH]3)c2)CC1. The zero-order chi connectivity index (χ0) is 19.3. The van der Waals surface area contributed by atoms with Crippen LogP contribution in [0.1, 0.15) is 15.9 Å². The van der Waals surface area contributed by atoms with Crippen LogP contribution in [-0.4, -0.2) is 64.2 Å². The number of piperazine rings is 1. The maximum Gasteiger partial charge on any atom is 0.251 e. The summed E-state index contributed by atoms with van der Waals surface area (Å²) in [5.41, 5.74) is 2.43. The largest absolute Gasteiger partial charge is 0.354 e. The van der Waals surface area contributed by atoms with E-state index in [1.54, 1.807) is 18.3 Å². The molecule has 8 heteroatoms. The second-order valence-corrected chi connectivity index (χ2v) is 6.87. The van der Waals surface area contributed by atoms with E-state index in [0.29, 0.717) is 17.9 Å².